The Balaban J connectivity index is 2.47. The Bertz CT molecular complexity index is 323. The second kappa shape index (κ2) is 5.59. The Morgan fingerprint density at radius 2 is 1.94 bits per heavy atom. The number of nitrogens with one attached hydrogen (secondary N) is 1. The van der Waals surface area contributed by atoms with Gasteiger partial charge >= 0.3 is 12.0 Å². The minimum Gasteiger partial charge on any atom is -0.481 e. The zero-order chi connectivity index (χ0) is 13.9. The van der Waals surface area contributed by atoms with Crippen molar-refractivity contribution in [2.75, 3.05) is 13.1 Å². The van der Waals surface area contributed by atoms with E-state index in [-0.39, 0.29) is 24.5 Å². The van der Waals surface area contributed by atoms with Gasteiger partial charge in [0.15, 0.2) is 0 Å². The van der Waals surface area contributed by atoms with Crippen molar-refractivity contribution in [2.45, 2.75) is 46.1 Å². The smallest absolute Gasteiger partial charge is 0.317 e. The number of carboxylic acid groups (broad SMARTS) is 1. The number of hydrogen-bond donors (Lipinski definition) is 2. The summed E-state index contributed by atoms with van der Waals surface area (Å²) in [6.07, 6.45) is 1.15. The first-order valence-electron chi connectivity index (χ1n) is 6.49. The first-order chi connectivity index (χ1) is 8.21. The lowest BCUT2D eigenvalue weighted by molar-refractivity contribution is -0.137. The molecule has 104 valence electrons. The maximum atomic E-state index is 12.1. The average molecular weight is 256 g/mol. The Kier molecular flexibility index (Phi) is 4.59. The summed E-state index contributed by atoms with van der Waals surface area (Å²) >= 11 is 0. The third-order valence-electron chi connectivity index (χ3n) is 3.40. The molecule has 0 bridgehead atoms. The standard InChI is InChI=1S/C13H24N2O3/c1-9-7-10(9)8-14-12(18)15(13(2,3)4)6-5-11(16)17/h9-10H,5-8H2,1-4H3,(H,14,18)(H,16,17). The van der Waals surface area contributed by atoms with E-state index in [1.54, 1.807) is 4.90 Å². The van der Waals surface area contributed by atoms with E-state index in [1.807, 2.05) is 20.8 Å². The van der Waals surface area contributed by atoms with E-state index < -0.39 is 5.97 Å². The fourth-order valence-corrected chi connectivity index (χ4v) is 1.95. The fraction of sp³-hybridized carbons (Fsp3) is 0.846. The van der Waals surface area contributed by atoms with Crippen LogP contribution in [-0.4, -0.2) is 40.6 Å². The van der Waals surface area contributed by atoms with Crippen molar-refractivity contribution in [3.05, 3.63) is 0 Å². The lowest BCUT2D eigenvalue weighted by Gasteiger charge is -2.35. The molecule has 0 saturated heterocycles. The predicted octanol–water partition coefficient (Wildman–Crippen LogP) is 1.93. The van der Waals surface area contributed by atoms with Gasteiger partial charge in [-0.2, -0.15) is 0 Å². The van der Waals surface area contributed by atoms with Crippen LogP contribution in [0.1, 0.15) is 40.5 Å². The van der Waals surface area contributed by atoms with Crippen molar-refractivity contribution in [1.29, 1.82) is 0 Å². The molecule has 2 N–H and O–H groups in total. The van der Waals surface area contributed by atoms with Crippen molar-refractivity contribution in [3.63, 3.8) is 0 Å². The monoisotopic (exact) mass is 256 g/mol. The normalized spacial score (nSPS) is 22.4. The molecule has 5 heteroatoms. The van der Waals surface area contributed by atoms with E-state index in [2.05, 4.69) is 12.2 Å². The largest absolute Gasteiger partial charge is 0.481 e. The number of carboxylic acids is 1. The highest BCUT2D eigenvalue weighted by molar-refractivity contribution is 5.76. The van der Waals surface area contributed by atoms with Crippen LogP contribution >= 0.6 is 0 Å². The molecule has 1 saturated carbocycles. The van der Waals surface area contributed by atoms with Gasteiger partial charge in [0.05, 0.1) is 6.42 Å². The summed E-state index contributed by atoms with van der Waals surface area (Å²) in [7, 11) is 0. The van der Waals surface area contributed by atoms with Crippen molar-refractivity contribution >= 4 is 12.0 Å². The van der Waals surface area contributed by atoms with E-state index in [0.29, 0.717) is 18.4 Å². The summed E-state index contributed by atoms with van der Waals surface area (Å²) in [6.45, 7) is 8.84. The number of hydrogen-bond acceptors (Lipinski definition) is 2. The summed E-state index contributed by atoms with van der Waals surface area (Å²) in [4.78, 5) is 24.3. The molecule has 5 nitrogen and oxygen atoms in total. The molecule has 18 heavy (non-hydrogen) atoms. The Labute approximate surface area is 109 Å². The van der Waals surface area contributed by atoms with Gasteiger partial charge in [-0.3, -0.25) is 4.79 Å². The van der Waals surface area contributed by atoms with Gasteiger partial charge in [0.2, 0.25) is 0 Å². The zero-order valence-corrected chi connectivity index (χ0v) is 11.7. The topological polar surface area (TPSA) is 69.6 Å². The van der Waals surface area contributed by atoms with Gasteiger partial charge in [-0.15, -0.1) is 0 Å². The molecule has 2 unspecified atom stereocenters. The molecule has 0 radical (unpaired) electrons. The van der Waals surface area contributed by atoms with Gasteiger partial charge in [0.25, 0.3) is 0 Å². The summed E-state index contributed by atoms with van der Waals surface area (Å²) in [6, 6.07) is -0.164. The molecule has 2 amide bonds. The average Bonchev–Trinajstić information content (AvgIpc) is 2.89. The zero-order valence-electron chi connectivity index (χ0n) is 11.7. The number of amides is 2. The SMILES string of the molecule is CC1CC1CNC(=O)N(CCC(=O)O)C(C)(C)C. The molecule has 0 spiro atoms. The number of urea groups is 1. The van der Waals surface area contributed by atoms with Gasteiger partial charge in [-0.05, 0) is 39.0 Å². The predicted molar refractivity (Wildman–Crippen MR) is 69.4 cm³/mol. The molecular formula is C13H24N2O3. The van der Waals surface area contributed by atoms with Crippen molar-refractivity contribution < 1.29 is 14.7 Å². The van der Waals surface area contributed by atoms with Crippen LogP contribution in [0.15, 0.2) is 0 Å². The highest BCUT2D eigenvalue weighted by atomic mass is 16.4. The van der Waals surface area contributed by atoms with E-state index in [0.717, 1.165) is 0 Å². The quantitative estimate of drug-likeness (QED) is 0.789. The number of carbonyl (C=O) groups is 2. The molecule has 1 aliphatic carbocycles. The molecule has 2 atom stereocenters. The van der Waals surface area contributed by atoms with Crippen LogP contribution in [0.2, 0.25) is 0 Å². The highest BCUT2D eigenvalue weighted by Gasteiger charge is 2.34. The molecule has 0 heterocycles. The molecule has 1 aliphatic rings. The minimum absolute atomic E-state index is 0.0233. The molecule has 0 aliphatic heterocycles. The van der Waals surface area contributed by atoms with Crippen LogP contribution < -0.4 is 5.32 Å². The van der Waals surface area contributed by atoms with E-state index in [4.69, 9.17) is 5.11 Å². The van der Waals surface area contributed by atoms with Crippen molar-refractivity contribution in [2.24, 2.45) is 11.8 Å². The maximum Gasteiger partial charge on any atom is 0.317 e. The number of nitrogens with zero attached hydrogens (tertiary/aromatic N) is 1. The molecule has 0 aromatic rings. The third kappa shape index (κ3) is 4.55. The lowest BCUT2D eigenvalue weighted by atomic mass is 10.1. The van der Waals surface area contributed by atoms with Crippen LogP contribution in [0.5, 0.6) is 0 Å². The molecule has 1 fully saturated rings. The van der Waals surface area contributed by atoms with Crippen molar-refractivity contribution in [3.8, 4) is 0 Å². The molecule has 0 aromatic carbocycles. The Hall–Kier alpha value is -1.26. The van der Waals surface area contributed by atoms with Gasteiger partial charge < -0.3 is 15.3 Å². The molecule has 0 aromatic heterocycles. The van der Waals surface area contributed by atoms with Crippen LogP contribution in [0.3, 0.4) is 0 Å². The summed E-state index contributed by atoms with van der Waals surface area (Å²) in [5.41, 5.74) is -0.366. The summed E-state index contributed by atoms with van der Waals surface area (Å²) < 4.78 is 0. The first kappa shape index (κ1) is 14.8. The summed E-state index contributed by atoms with van der Waals surface area (Å²) in [5, 5.41) is 11.6. The van der Waals surface area contributed by atoms with Gasteiger partial charge in [-0.25, -0.2) is 4.79 Å². The first-order valence-corrected chi connectivity index (χ1v) is 6.49. The van der Waals surface area contributed by atoms with Gasteiger partial charge in [0.1, 0.15) is 0 Å². The number of carbonyl (C=O) groups excluding carboxylic acids is 1. The lowest BCUT2D eigenvalue weighted by Crippen LogP contribution is -2.51. The van der Waals surface area contributed by atoms with Gasteiger partial charge in [0, 0.05) is 18.6 Å². The van der Waals surface area contributed by atoms with Crippen LogP contribution in [0.4, 0.5) is 4.79 Å². The van der Waals surface area contributed by atoms with Crippen LogP contribution in [-0.2, 0) is 4.79 Å². The third-order valence-corrected chi connectivity index (χ3v) is 3.40. The molecular weight excluding hydrogens is 232 g/mol. The van der Waals surface area contributed by atoms with Crippen molar-refractivity contribution in [1.82, 2.24) is 10.2 Å². The van der Waals surface area contributed by atoms with E-state index in [9.17, 15) is 9.59 Å². The minimum atomic E-state index is -0.882. The van der Waals surface area contributed by atoms with Gasteiger partial charge in [-0.1, -0.05) is 6.92 Å². The fourth-order valence-electron chi connectivity index (χ4n) is 1.95. The molecule has 1 rings (SSSR count). The highest BCUT2D eigenvalue weighted by Crippen LogP contribution is 2.36. The summed E-state index contributed by atoms with van der Waals surface area (Å²) in [5.74, 6) is 0.413. The Morgan fingerprint density at radius 3 is 2.33 bits per heavy atom. The maximum absolute atomic E-state index is 12.1. The number of rotatable bonds is 5. The van der Waals surface area contributed by atoms with E-state index >= 15 is 0 Å². The van der Waals surface area contributed by atoms with Crippen LogP contribution in [0, 0.1) is 11.8 Å². The second-order valence-electron chi connectivity index (χ2n) is 6.13. The van der Waals surface area contributed by atoms with E-state index in [1.165, 1.54) is 6.42 Å². The number of aliphatic carboxylic acids is 1. The Morgan fingerprint density at radius 1 is 1.39 bits per heavy atom. The van der Waals surface area contributed by atoms with Crippen LogP contribution in [0.25, 0.3) is 0 Å². The second-order valence-corrected chi connectivity index (χ2v) is 6.13.